The van der Waals surface area contributed by atoms with E-state index >= 15 is 0 Å². The molecule has 3 aromatic rings. The normalized spacial score (nSPS) is 11.6. The summed E-state index contributed by atoms with van der Waals surface area (Å²) in [5.41, 5.74) is 1.64. The Bertz CT molecular complexity index is 1140. The maximum Gasteiger partial charge on any atom is 0.416 e. The first-order valence-corrected chi connectivity index (χ1v) is 9.78. The van der Waals surface area contributed by atoms with Gasteiger partial charge >= 0.3 is 6.18 Å². The van der Waals surface area contributed by atoms with Gasteiger partial charge in [-0.15, -0.1) is 0 Å². The highest BCUT2D eigenvalue weighted by atomic mass is 19.4. The van der Waals surface area contributed by atoms with Gasteiger partial charge in [-0.05, 0) is 60.7 Å². The quantitative estimate of drug-likeness (QED) is 0.584. The number of anilines is 1. The first kappa shape index (κ1) is 22.3. The van der Waals surface area contributed by atoms with Crippen LogP contribution in [0.1, 0.15) is 36.7 Å². The van der Waals surface area contributed by atoms with Gasteiger partial charge in [0.05, 0.1) is 11.3 Å². The van der Waals surface area contributed by atoms with E-state index in [2.05, 4.69) is 5.32 Å². The Labute approximate surface area is 178 Å². The third-order valence-corrected chi connectivity index (χ3v) is 5.03. The van der Waals surface area contributed by atoms with Gasteiger partial charge in [0, 0.05) is 31.0 Å². The highest BCUT2D eigenvalue weighted by molar-refractivity contribution is 6.10. The zero-order valence-electron chi connectivity index (χ0n) is 17.7. The van der Waals surface area contributed by atoms with E-state index < -0.39 is 11.7 Å². The van der Waals surface area contributed by atoms with Crippen LogP contribution in [-0.4, -0.2) is 24.9 Å². The van der Waals surface area contributed by atoms with E-state index in [0.29, 0.717) is 27.8 Å². The zero-order chi connectivity index (χ0) is 22.9. The minimum absolute atomic E-state index is 0.0407. The Morgan fingerprint density at radius 1 is 0.935 bits per heavy atom. The van der Waals surface area contributed by atoms with Crippen molar-refractivity contribution in [1.82, 2.24) is 5.32 Å². The number of fused-ring (bicyclic) bond motifs is 1. The molecule has 0 radical (unpaired) electrons. The number of rotatable bonds is 4. The number of halogens is 3. The first-order valence-electron chi connectivity index (χ1n) is 9.78. The van der Waals surface area contributed by atoms with Gasteiger partial charge in [0.15, 0.2) is 0 Å². The maximum atomic E-state index is 12.9. The molecule has 31 heavy (non-hydrogen) atoms. The molecule has 0 heterocycles. The molecule has 0 aliphatic rings. The second kappa shape index (κ2) is 8.41. The number of carbonyl (C=O) groups is 2. The van der Waals surface area contributed by atoms with Gasteiger partial charge in [0.2, 0.25) is 5.91 Å². The van der Waals surface area contributed by atoms with E-state index in [-0.39, 0.29) is 17.9 Å². The van der Waals surface area contributed by atoms with E-state index in [1.165, 1.54) is 24.0 Å². The lowest BCUT2D eigenvalue weighted by molar-refractivity contribution is -0.137. The van der Waals surface area contributed by atoms with E-state index in [1.54, 1.807) is 37.4 Å². The summed E-state index contributed by atoms with van der Waals surface area (Å²) in [6.07, 6.45) is -4.41. The molecular formula is C24H23F3N2O2. The van der Waals surface area contributed by atoms with Crippen LogP contribution < -0.4 is 10.2 Å². The molecule has 3 rings (SSSR count). The van der Waals surface area contributed by atoms with Crippen molar-refractivity contribution in [2.24, 2.45) is 0 Å². The molecule has 0 aliphatic heterocycles. The van der Waals surface area contributed by atoms with Crippen molar-refractivity contribution in [2.45, 2.75) is 33.0 Å². The van der Waals surface area contributed by atoms with Crippen molar-refractivity contribution in [3.8, 4) is 11.1 Å². The van der Waals surface area contributed by atoms with Crippen LogP contribution in [0.4, 0.5) is 18.9 Å². The minimum atomic E-state index is -4.41. The Morgan fingerprint density at radius 3 is 2.13 bits per heavy atom. The predicted molar refractivity (Wildman–Crippen MR) is 116 cm³/mol. The Kier molecular flexibility index (Phi) is 6.06. The van der Waals surface area contributed by atoms with Crippen LogP contribution in [0.5, 0.6) is 0 Å². The van der Waals surface area contributed by atoms with E-state index in [0.717, 1.165) is 17.5 Å². The fourth-order valence-electron chi connectivity index (χ4n) is 3.37. The van der Waals surface area contributed by atoms with Crippen LogP contribution in [0, 0.1) is 0 Å². The van der Waals surface area contributed by atoms with Crippen LogP contribution in [0.2, 0.25) is 0 Å². The van der Waals surface area contributed by atoms with Crippen molar-refractivity contribution in [1.29, 1.82) is 0 Å². The van der Waals surface area contributed by atoms with Gasteiger partial charge in [-0.2, -0.15) is 13.2 Å². The highest BCUT2D eigenvalue weighted by Crippen LogP contribution is 2.37. The minimum Gasteiger partial charge on any atom is -0.350 e. The summed E-state index contributed by atoms with van der Waals surface area (Å²) in [5.74, 6) is -0.422. The van der Waals surface area contributed by atoms with E-state index in [9.17, 15) is 22.8 Å². The van der Waals surface area contributed by atoms with Gasteiger partial charge in [-0.25, -0.2) is 0 Å². The number of alkyl halides is 3. The summed E-state index contributed by atoms with van der Waals surface area (Å²) in [5, 5.41) is 4.22. The van der Waals surface area contributed by atoms with Crippen LogP contribution in [-0.2, 0) is 11.0 Å². The summed E-state index contributed by atoms with van der Waals surface area (Å²) >= 11 is 0. The molecule has 7 heteroatoms. The molecule has 0 bridgehead atoms. The highest BCUT2D eigenvalue weighted by Gasteiger charge is 2.30. The number of benzene rings is 3. The molecule has 0 fully saturated rings. The summed E-state index contributed by atoms with van der Waals surface area (Å²) < 4.78 is 38.8. The zero-order valence-corrected chi connectivity index (χ0v) is 17.7. The average molecular weight is 428 g/mol. The van der Waals surface area contributed by atoms with Gasteiger partial charge in [0.25, 0.3) is 5.91 Å². The molecule has 4 nitrogen and oxygen atoms in total. The van der Waals surface area contributed by atoms with Crippen molar-refractivity contribution in [2.75, 3.05) is 11.9 Å². The smallest absolute Gasteiger partial charge is 0.350 e. The fraction of sp³-hybridized carbons (Fsp3) is 0.250. The van der Waals surface area contributed by atoms with Gasteiger partial charge in [0.1, 0.15) is 0 Å². The second-order valence-electron chi connectivity index (χ2n) is 7.67. The fourth-order valence-corrected chi connectivity index (χ4v) is 3.37. The molecule has 0 aromatic heterocycles. The summed E-state index contributed by atoms with van der Waals surface area (Å²) in [6, 6.07) is 13.5. The average Bonchev–Trinajstić information content (AvgIpc) is 2.71. The van der Waals surface area contributed by atoms with Crippen LogP contribution in [0.15, 0.2) is 54.6 Å². The number of carbonyl (C=O) groups excluding carboxylic acids is 2. The molecule has 0 unspecified atom stereocenters. The van der Waals surface area contributed by atoms with Crippen molar-refractivity contribution >= 4 is 28.3 Å². The van der Waals surface area contributed by atoms with Crippen molar-refractivity contribution in [3.63, 3.8) is 0 Å². The lowest BCUT2D eigenvalue weighted by atomic mass is 9.94. The third-order valence-electron chi connectivity index (χ3n) is 5.03. The molecule has 0 saturated carbocycles. The molecule has 0 atom stereocenters. The van der Waals surface area contributed by atoms with Gasteiger partial charge in [-0.3, -0.25) is 9.59 Å². The molecule has 3 aromatic carbocycles. The molecule has 0 spiro atoms. The number of nitrogens with one attached hydrogen (secondary N) is 1. The van der Waals surface area contributed by atoms with Crippen LogP contribution in [0.3, 0.4) is 0 Å². The Balaban J connectivity index is 2.19. The number of amides is 2. The van der Waals surface area contributed by atoms with Crippen molar-refractivity contribution < 1.29 is 22.8 Å². The van der Waals surface area contributed by atoms with Crippen LogP contribution in [0.25, 0.3) is 21.9 Å². The largest absolute Gasteiger partial charge is 0.416 e. The Morgan fingerprint density at radius 2 is 1.58 bits per heavy atom. The Hall–Kier alpha value is -3.35. The lowest BCUT2D eigenvalue weighted by Crippen LogP contribution is -2.30. The molecule has 0 aliphatic carbocycles. The third kappa shape index (κ3) is 4.71. The summed E-state index contributed by atoms with van der Waals surface area (Å²) in [7, 11) is 1.63. The van der Waals surface area contributed by atoms with Crippen LogP contribution >= 0.6 is 0 Å². The molecule has 162 valence electrons. The predicted octanol–water partition coefficient (Wildman–Crippen LogP) is 5.65. The second-order valence-corrected chi connectivity index (χ2v) is 7.67. The summed E-state index contributed by atoms with van der Waals surface area (Å²) in [6.45, 7) is 5.15. The van der Waals surface area contributed by atoms with Gasteiger partial charge < -0.3 is 10.2 Å². The molecular weight excluding hydrogens is 405 g/mol. The molecule has 0 saturated heterocycles. The number of hydrogen-bond acceptors (Lipinski definition) is 2. The SMILES string of the molecule is CC(=O)N(C)c1ccc(-c2ccc(C(F)(F)F)cc2)c2ccc(C(=O)NC(C)C)cc12. The standard InChI is InChI=1S/C24H23F3N2O2/c1-14(2)28-23(31)17-7-10-20-19(16-5-8-18(9-6-16)24(25,26)27)11-12-22(21(20)13-17)29(4)15(3)30/h5-14H,1-4H3,(H,28,31). The van der Waals surface area contributed by atoms with Gasteiger partial charge in [-0.1, -0.05) is 24.3 Å². The lowest BCUT2D eigenvalue weighted by Gasteiger charge is -2.20. The van der Waals surface area contributed by atoms with E-state index in [1.807, 2.05) is 13.8 Å². The van der Waals surface area contributed by atoms with E-state index in [4.69, 9.17) is 0 Å². The topological polar surface area (TPSA) is 49.4 Å². The monoisotopic (exact) mass is 428 g/mol. The number of hydrogen-bond donors (Lipinski definition) is 1. The molecule has 2 amide bonds. The van der Waals surface area contributed by atoms with Crippen molar-refractivity contribution in [3.05, 3.63) is 65.7 Å². The number of nitrogens with zero attached hydrogens (tertiary/aromatic N) is 1. The first-order chi connectivity index (χ1) is 14.5. The molecule has 1 N–H and O–H groups in total. The summed E-state index contributed by atoms with van der Waals surface area (Å²) in [4.78, 5) is 26.0. The maximum absolute atomic E-state index is 12.9.